The number of ketones is 1. The van der Waals surface area contributed by atoms with Gasteiger partial charge >= 0.3 is 12.1 Å². The molecule has 2 aliphatic heterocycles. The SMILES string of the molecule is CNC(=O)NC1=CC=C2C(CC[C@]23CN(CC(=O)N2CCC[C@H]2c2cc(C)[nH]n2)C(=O)O3)C1=O. The number of aryl methyl sites for hydroxylation is 1. The summed E-state index contributed by atoms with van der Waals surface area (Å²) in [5.41, 5.74) is 1.80. The number of carbonyl (C=O) groups excluding carboxylic acids is 4. The number of fused-ring (bicyclic) bond motifs is 2. The first kappa shape index (κ1) is 22.2. The molecule has 5 rings (SSSR count). The Kier molecular flexibility index (Phi) is 5.41. The lowest BCUT2D eigenvalue weighted by Crippen LogP contribution is -2.42. The van der Waals surface area contributed by atoms with E-state index in [0.29, 0.717) is 19.4 Å². The first-order valence-electron chi connectivity index (χ1n) is 11.6. The number of ether oxygens (including phenoxy) is 1. The molecular formula is C23H28N6O5. The minimum Gasteiger partial charge on any atom is -0.436 e. The highest BCUT2D eigenvalue weighted by atomic mass is 16.6. The summed E-state index contributed by atoms with van der Waals surface area (Å²) in [5, 5.41) is 12.2. The van der Waals surface area contributed by atoms with Gasteiger partial charge in [-0.05, 0) is 50.3 Å². The number of urea groups is 1. The van der Waals surface area contributed by atoms with Crippen molar-refractivity contribution in [2.75, 3.05) is 26.7 Å². The van der Waals surface area contributed by atoms with Crippen molar-refractivity contribution in [1.82, 2.24) is 30.6 Å². The van der Waals surface area contributed by atoms with Crippen molar-refractivity contribution in [3.05, 3.63) is 40.9 Å². The van der Waals surface area contributed by atoms with Crippen molar-refractivity contribution in [3.63, 3.8) is 0 Å². The Hall–Kier alpha value is -3.63. The van der Waals surface area contributed by atoms with Crippen LogP contribution in [0.5, 0.6) is 0 Å². The Morgan fingerprint density at radius 2 is 2.12 bits per heavy atom. The van der Waals surface area contributed by atoms with Gasteiger partial charge in [0.1, 0.15) is 6.54 Å². The number of H-pyrrole nitrogens is 1. The minimum atomic E-state index is -0.920. The summed E-state index contributed by atoms with van der Waals surface area (Å²) in [5.74, 6) is -0.790. The summed E-state index contributed by atoms with van der Waals surface area (Å²) in [6.45, 7) is 2.69. The van der Waals surface area contributed by atoms with E-state index in [4.69, 9.17) is 4.74 Å². The summed E-state index contributed by atoms with van der Waals surface area (Å²) in [6.07, 6.45) is 5.49. The van der Waals surface area contributed by atoms with Crippen LogP contribution in [-0.2, 0) is 14.3 Å². The fraction of sp³-hybridized carbons (Fsp3) is 0.522. The highest BCUT2D eigenvalue weighted by molar-refractivity contribution is 6.03. The molecular weight excluding hydrogens is 440 g/mol. The smallest absolute Gasteiger partial charge is 0.411 e. The predicted molar refractivity (Wildman–Crippen MR) is 119 cm³/mol. The average Bonchev–Trinajstić information content (AvgIpc) is 3.58. The molecule has 11 nitrogen and oxygen atoms in total. The van der Waals surface area contributed by atoms with E-state index in [9.17, 15) is 19.2 Å². The molecule has 0 aromatic carbocycles. The molecule has 0 bridgehead atoms. The van der Waals surface area contributed by atoms with Crippen molar-refractivity contribution >= 4 is 23.8 Å². The number of rotatable bonds is 4. The van der Waals surface area contributed by atoms with Gasteiger partial charge in [0.05, 0.1) is 24.0 Å². The van der Waals surface area contributed by atoms with Crippen LogP contribution in [-0.4, -0.2) is 76.1 Å². The molecule has 2 aliphatic carbocycles. The zero-order valence-corrected chi connectivity index (χ0v) is 19.2. The van der Waals surface area contributed by atoms with Crippen LogP contribution in [0.4, 0.5) is 9.59 Å². The van der Waals surface area contributed by atoms with E-state index >= 15 is 0 Å². The Bertz CT molecular complexity index is 1120. The normalized spacial score (nSPS) is 28.1. The Morgan fingerprint density at radius 1 is 1.29 bits per heavy atom. The van der Waals surface area contributed by atoms with Gasteiger partial charge in [0.2, 0.25) is 5.91 Å². The topological polar surface area (TPSA) is 137 Å². The second-order valence-electron chi connectivity index (χ2n) is 9.30. The second kappa shape index (κ2) is 8.30. The summed E-state index contributed by atoms with van der Waals surface area (Å²) in [4.78, 5) is 53.7. The number of nitrogens with zero attached hydrogens (tertiary/aromatic N) is 3. The summed E-state index contributed by atoms with van der Waals surface area (Å²) in [6, 6.07) is 1.38. The van der Waals surface area contributed by atoms with Gasteiger partial charge in [-0.1, -0.05) is 6.08 Å². The van der Waals surface area contributed by atoms with Crippen LogP contribution in [0.3, 0.4) is 0 Å². The van der Waals surface area contributed by atoms with Gasteiger partial charge < -0.3 is 20.3 Å². The average molecular weight is 469 g/mol. The molecule has 1 saturated carbocycles. The maximum Gasteiger partial charge on any atom is 0.411 e. The molecule has 180 valence electrons. The number of carbonyl (C=O) groups is 4. The zero-order valence-electron chi connectivity index (χ0n) is 19.2. The van der Waals surface area contributed by atoms with E-state index in [1.165, 1.54) is 11.9 Å². The quantitative estimate of drug-likeness (QED) is 0.609. The van der Waals surface area contributed by atoms with Crippen LogP contribution in [0.25, 0.3) is 0 Å². The monoisotopic (exact) mass is 468 g/mol. The fourth-order valence-electron chi connectivity index (χ4n) is 5.54. The van der Waals surface area contributed by atoms with Crippen molar-refractivity contribution in [3.8, 4) is 0 Å². The molecule has 3 fully saturated rings. The fourth-order valence-corrected chi connectivity index (χ4v) is 5.54. The van der Waals surface area contributed by atoms with E-state index in [1.807, 2.05) is 13.0 Å². The summed E-state index contributed by atoms with van der Waals surface area (Å²) >= 11 is 0. The zero-order chi connectivity index (χ0) is 24.0. The molecule has 11 heteroatoms. The van der Waals surface area contributed by atoms with Crippen LogP contribution >= 0.6 is 0 Å². The molecule has 4 amide bonds. The number of aromatic nitrogens is 2. The van der Waals surface area contributed by atoms with Gasteiger partial charge in [0.15, 0.2) is 11.4 Å². The Balaban J connectivity index is 1.30. The number of allylic oxidation sites excluding steroid dienone is 3. The van der Waals surface area contributed by atoms with Gasteiger partial charge in [-0.25, -0.2) is 9.59 Å². The minimum absolute atomic E-state index is 0.0777. The molecule has 1 aromatic heterocycles. The van der Waals surface area contributed by atoms with Crippen molar-refractivity contribution in [1.29, 1.82) is 0 Å². The lowest BCUT2D eigenvalue weighted by Gasteiger charge is -2.28. The molecule has 3 heterocycles. The lowest BCUT2D eigenvalue weighted by molar-refractivity contribution is -0.132. The molecule has 34 heavy (non-hydrogen) atoms. The molecule has 1 aromatic rings. The number of hydrogen-bond donors (Lipinski definition) is 3. The van der Waals surface area contributed by atoms with Gasteiger partial charge in [0, 0.05) is 25.2 Å². The Morgan fingerprint density at radius 3 is 2.85 bits per heavy atom. The van der Waals surface area contributed by atoms with Gasteiger partial charge in [0.25, 0.3) is 0 Å². The highest BCUT2D eigenvalue weighted by Crippen LogP contribution is 2.48. The second-order valence-corrected chi connectivity index (χ2v) is 9.30. The molecule has 0 radical (unpaired) electrons. The number of amides is 4. The predicted octanol–water partition coefficient (Wildman–Crippen LogP) is 1.30. The van der Waals surface area contributed by atoms with Crippen LogP contribution < -0.4 is 10.6 Å². The van der Waals surface area contributed by atoms with Crippen molar-refractivity contribution in [2.24, 2.45) is 5.92 Å². The first-order valence-corrected chi connectivity index (χ1v) is 11.6. The van der Waals surface area contributed by atoms with Crippen LogP contribution in [0.15, 0.2) is 29.5 Å². The number of nitrogens with one attached hydrogen (secondary N) is 3. The van der Waals surface area contributed by atoms with Gasteiger partial charge in [-0.15, -0.1) is 0 Å². The molecule has 4 aliphatic rings. The van der Waals surface area contributed by atoms with Gasteiger partial charge in [-0.3, -0.25) is 19.6 Å². The van der Waals surface area contributed by atoms with E-state index < -0.39 is 23.6 Å². The standard InChI is InChI=1S/C23H28N6O5/c1-13-10-17(27-26-13)18-4-3-9-29(18)19(30)11-28-12-23(34-22(28)33)8-7-14-15(23)5-6-16(20(14)31)25-21(32)24-2/h5-6,10,14,18H,3-4,7-9,11-12H2,1-2H3,(H,26,27)(H2,24,25,32)/t14?,18-,23-/m0/s1. The number of likely N-dealkylation sites (tertiary alicyclic amines) is 1. The third-order valence-corrected chi connectivity index (χ3v) is 7.18. The molecule has 1 unspecified atom stereocenters. The molecule has 1 spiro atoms. The number of Topliss-reactive ketones (excluding diaryl/α,β-unsaturated/α-hetero) is 1. The molecule has 3 atom stereocenters. The maximum atomic E-state index is 13.2. The van der Waals surface area contributed by atoms with Crippen molar-refractivity contribution < 1.29 is 23.9 Å². The van der Waals surface area contributed by atoms with E-state index in [2.05, 4.69) is 20.8 Å². The highest BCUT2D eigenvalue weighted by Gasteiger charge is 2.56. The summed E-state index contributed by atoms with van der Waals surface area (Å²) in [7, 11) is 1.48. The largest absolute Gasteiger partial charge is 0.436 e. The van der Waals surface area contributed by atoms with E-state index in [0.717, 1.165) is 29.8 Å². The molecule has 3 N–H and O–H groups in total. The van der Waals surface area contributed by atoms with Crippen LogP contribution in [0.1, 0.15) is 43.1 Å². The van der Waals surface area contributed by atoms with E-state index in [-0.39, 0.29) is 36.5 Å². The third kappa shape index (κ3) is 3.64. The third-order valence-electron chi connectivity index (χ3n) is 7.18. The number of hydrogen-bond acceptors (Lipinski definition) is 6. The number of aromatic amines is 1. The Labute approximate surface area is 196 Å². The lowest BCUT2D eigenvalue weighted by atomic mass is 9.85. The van der Waals surface area contributed by atoms with Crippen LogP contribution in [0, 0.1) is 12.8 Å². The van der Waals surface area contributed by atoms with Crippen molar-refractivity contribution in [2.45, 2.75) is 44.2 Å². The molecule has 2 saturated heterocycles. The summed E-state index contributed by atoms with van der Waals surface area (Å²) < 4.78 is 5.81. The maximum absolute atomic E-state index is 13.2. The van der Waals surface area contributed by atoms with Crippen LogP contribution in [0.2, 0.25) is 0 Å². The first-order chi connectivity index (χ1) is 16.3. The van der Waals surface area contributed by atoms with Gasteiger partial charge in [-0.2, -0.15) is 5.10 Å². The van der Waals surface area contributed by atoms with E-state index in [1.54, 1.807) is 17.1 Å².